The van der Waals surface area contributed by atoms with Crippen LogP contribution in [-0.2, 0) is 0 Å². The van der Waals surface area contributed by atoms with E-state index in [-0.39, 0.29) is 4.90 Å². The fraction of sp³-hybridized carbons (Fsp3) is 0.333. The van der Waals surface area contributed by atoms with Gasteiger partial charge in [0.15, 0.2) is 11.6 Å². The molecule has 84 valence electrons. The molecule has 0 radical (unpaired) electrons. The highest BCUT2D eigenvalue weighted by atomic mass is 32.2. The monoisotopic (exact) mass is 240 g/mol. The summed E-state index contributed by atoms with van der Waals surface area (Å²) in [4.78, 5) is -0.160. The normalized spacial score (nSPS) is 11.8. The number of alkyl halides is 3. The molecule has 15 heavy (non-hydrogen) atoms. The van der Waals surface area contributed by atoms with Crippen LogP contribution >= 0.6 is 11.8 Å². The van der Waals surface area contributed by atoms with Gasteiger partial charge in [-0.15, -0.1) is 11.8 Å². The molecular weight excluding hydrogens is 232 g/mol. The predicted molar refractivity (Wildman–Crippen MR) is 49.6 cm³/mol. The molecule has 0 heterocycles. The van der Waals surface area contributed by atoms with E-state index in [1.165, 1.54) is 13.0 Å². The molecule has 0 unspecified atom stereocenters. The van der Waals surface area contributed by atoms with Crippen LogP contribution in [-0.4, -0.2) is 17.0 Å². The van der Waals surface area contributed by atoms with Gasteiger partial charge in [-0.3, -0.25) is 0 Å². The first-order valence-electron chi connectivity index (χ1n) is 3.99. The Morgan fingerprint density at radius 1 is 1.33 bits per heavy atom. The zero-order valence-corrected chi connectivity index (χ0v) is 8.55. The lowest BCUT2D eigenvalue weighted by Gasteiger charge is -2.09. The summed E-state index contributed by atoms with van der Waals surface area (Å²) >= 11 is 0.335. The second kappa shape index (κ2) is 4.30. The van der Waals surface area contributed by atoms with Crippen molar-refractivity contribution in [1.29, 1.82) is 0 Å². The lowest BCUT2D eigenvalue weighted by Crippen LogP contribution is -2.11. The number of halogens is 4. The van der Waals surface area contributed by atoms with E-state index in [0.717, 1.165) is 6.07 Å². The minimum Gasteiger partial charge on any atom is -0.505 e. The van der Waals surface area contributed by atoms with Crippen LogP contribution in [0.2, 0.25) is 0 Å². The molecular formula is C9H8F4OS. The van der Waals surface area contributed by atoms with Crippen molar-refractivity contribution in [3.8, 4) is 5.75 Å². The van der Waals surface area contributed by atoms with E-state index in [1.54, 1.807) is 0 Å². The van der Waals surface area contributed by atoms with Crippen molar-refractivity contribution in [3.63, 3.8) is 0 Å². The second-order valence-corrected chi connectivity index (χ2v) is 3.93. The van der Waals surface area contributed by atoms with E-state index < -0.39 is 23.5 Å². The summed E-state index contributed by atoms with van der Waals surface area (Å²) in [7, 11) is 0. The molecule has 0 amide bonds. The van der Waals surface area contributed by atoms with E-state index in [0.29, 0.717) is 17.3 Å². The highest BCUT2D eigenvalue weighted by Crippen LogP contribution is 2.34. The number of rotatable bonds is 2. The molecule has 0 atom stereocenters. The average Bonchev–Trinajstić information content (AvgIpc) is 2.10. The Balaban J connectivity index is 2.90. The molecule has 0 saturated carbocycles. The van der Waals surface area contributed by atoms with E-state index in [1.807, 2.05) is 0 Å². The van der Waals surface area contributed by atoms with Crippen molar-refractivity contribution in [3.05, 3.63) is 23.5 Å². The number of aryl methyl sites for hydroxylation is 1. The van der Waals surface area contributed by atoms with Crippen LogP contribution in [0.1, 0.15) is 5.56 Å². The molecule has 1 aromatic rings. The molecule has 1 aromatic carbocycles. The minimum absolute atomic E-state index is 0.160. The number of thioether (sulfide) groups is 1. The van der Waals surface area contributed by atoms with Gasteiger partial charge < -0.3 is 5.11 Å². The number of hydrogen-bond acceptors (Lipinski definition) is 2. The highest BCUT2D eigenvalue weighted by Gasteiger charge is 2.28. The molecule has 0 saturated heterocycles. The van der Waals surface area contributed by atoms with Gasteiger partial charge in [0, 0.05) is 0 Å². The van der Waals surface area contributed by atoms with Crippen LogP contribution in [0.3, 0.4) is 0 Å². The Labute approximate surface area is 88.1 Å². The third kappa shape index (κ3) is 3.30. The number of aromatic hydroxyl groups is 1. The molecule has 1 rings (SSSR count). The number of phenolic OH excluding ortho intramolecular Hbond substituents is 1. The van der Waals surface area contributed by atoms with E-state index in [9.17, 15) is 17.6 Å². The Bertz CT molecular complexity index is 362. The van der Waals surface area contributed by atoms with Crippen LogP contribution in [0.25, 0.3) is 0 Å². The number of phenols is 1. The molecule has 0 aliphatic carbocycles. The van der Waals surface area contributed by atoms with Crippen molar-refractivity contribution in [2.45, 2.75) is 18.0 Å². The number of hydrogen-bond donors (Lipinski definition) is 1. The minimum atomic E-state index is -4.35. The second-order valence-electron chi connectivity index (χ2n) is 2.95. The fourth-order valence-electron chi connectivity index (χ4n) is 0.973. The van der Waals surface area contributed by atoms with Gasteiger partial charge >= 0.3 is 6.18 Å². The Morgan fingerprint density at radius 2 is 1.93 bits per heavy atom. The van der Waals surface area contributed by atoms with Crippen molar-refractivity contribution in [2.75, 3.05) is 5.75 Å². The molecule has 1 nitrogen and oxygen atoms in total. The molecule has 0 aliphatic heterocycles. The molecule has 0 fully saturated rings. The van der Waals surface area contributed by atoms with Crippen LogP contribution in [0.5, 0.6) is 5.75 Å². The van der Waals surface area contributed by atoms with Gasteiger partial charge in [0.25, 0.3) is 0 Å². The topological polar surface area (TPSA) is 20.2 Å². The highest BCUT2D eigenvalue weighted by molar-refractivity contribution is 7.99. The van der Waals surface area contributed by atoms with Gasteiger partial charge in [0.2, 0.25) is 0 Å². The Hall–Kier alpha value is -0.910. The molecule has 0 spiro atoms. The van der Waals surface area contributed by atoms with Gasteiger partial charge in [-0.1, -0.05) is 6.07 Å². The first-order chi connectivity index (χ1) is 6.81. The van der Waals surface area contributed by atoms with Crippen molar-refractivity contribution < 1.29 is 22.7 Å². The predicted octanol–water partition coefficient (Wildman–Crippen LogP) is 3.49. The molecule has 0 aromatic heterocycles. The first kappa shape index (κ1) is 12.2. The summed E-state index contributed by atoms with van der Waals surface area (Å²) < 4.78 is 48.9. The Kier molecular flexibility index (Phi) is 3.49. The molecule has 6 heteroatoms. The van der Waals surface area contributed by atoms with E-state index in [2.05, 4.69) is 0 Å². The standard InChI is InChI=1S/C9H8F4OS/c1-5-2-3-6(14)7(10)8(5)15-4-9(11,12)13/h2-3,14H,4H2,1H3. The summed E-state index contributed by atoms with van der Waals surface area (Å²) in [6.45, 7) is 1.49. The average molecular weight is 240 g/mol. The maximum Gasteiger partial charge on any atom is 0.398 e. The largest absolute Gasteiger partial charge is 0.505 e. The van der Waals surface area contributed by atoms with Gasteiger partial charge in [0.05, 0.1) is 10.6 Å². The lowest BCUT2D eigenvalue weighted by molar-refractivity contribution is -0.105. The quantitative estimate of drug-likeness (QED) is 0.630. The summed E-state index contributed by atoms with van der Waals surface area (Å²) in [5, 5.41) is 8.98. The van der Waals surface area contributed by atoms with Crippen LogP contribution < -0.4 is 0 Å². The van der Waals surface area contributed by atoms with Crippen molar-refractivity contribution >= 4 is 11.8 Å². The number of benzene rings is 1. The summed E-state index contributed by atoms with van der Waals surface area (Å²) in [5.74, 6) is -2.80. The third-order valence-electron chi connectivity index (χ3n) is 1.65. The molecule has 0 bridgehead atoms. The summed E-state index contributed by atoms with van der Waals surface area (Å²) in [6.07, 6.45) is -4.35. The van der Waals surface area contributed by atoms with Crippen LogP contribution in [0.4, 0.5) is 17.6 Å². The maximum atomic E-state index is 13.2. The van der Waals surface area contributed by atoms with E-state index >= 15 is 0 Å². The van der Waals surface area contributed by atoms with Gasteiger partial charge in [-0.25, -0.2) is 4.39 Å². The van der Waals surface area contributed by atoms with Crippen molar-refractivity contribution in [1.82, 2.24) is 0 Å². The first-order valence-corrected chi connectivity index (χ1v) is 4.97. The molecule has 1 N–H and O–H groups in total. The fourth-order valence-corrected chi connectivity index (χ4v) is 1.81. The summed E-state index contributed by atoms with van der Waals surface area (Å²) in [5.41, 5.74) is 0.375. The van der Waals surface area contributed by atoms with Gasteiger partial charge in [-0.2, -0.15) is 13.2 Å². The maximum absolute atomic E-state index is 13.2. The lowest BCUT2D eigenvalue weighted by atomic mass is 10.2. The van der Waals surface area contributed by atoms with E-state index in [4.69, 9.17) is 5.11 Å². The van der Waals surface area contributed by atoms with Gasteiger partial charge in [0.1, 0.15) is 0 Å². The zero-order chi connectivity index (χ0) is 11.6. The smallest absolute Gasteiger partial charge is 0.398 e. The molecule has 0 aliphatic rings. The summed E-state index contributed by atoms with van der Waals surface area (Å²) in [6, 6.07) is 2.49. The van der Waals surface area contributed by atoms with Crippen LogP contribution in [0, 0.1) is 12.7 Å². The zero-order valence-electron chi connectivity index (χ0n) is 7.73. The van der Waals surface area contributed by atoms with Crippen LogP contribution in [0.15, 0.2) is 17.0 Å². The third-order valence-corrected chi connectivity index (χ3v) is 2.92. The SMILES string of the molecule is Cc1ccc(O)c(F)c1SCC(F)(F)F. The van der Waals surface area contributed by atoms with Crippen molar-refractivity contribution in [2.24, 2.45) is 0 Å². The van der Waals surface area contributed by atoms with Gasteiger partial charge in [-0.05, 0) is 18.6 Å². The Morgan fingerprint density at radius 3 is 2.47 bits per heavy atom.